The molecule has 0 radical (unpaired) electrons. The Balaban J connectivity index is 1.84. The first-order valence-electron chi connectivity index (χ1n) is 27.0. The third kappa shape index (κ3) is 18.2. The number of ether oxygens (including phenoxy) is 4. The summed E-state index contributed by atoms with van der Waals surface area (Å²) in [4.78, 5) is 123. The fourth-order valence-corrected chi connectivity index (χ4v) is 9.68. The van der Waals surface area contributed by atoms with Gasteiger partial charge in [-0.05, 0) is 106 Å². The Kier molecular flexibility index (Phi) is 23.8. The van der Waals surface area contributed by atoms with Crippen molar-refractivity contribution >= 4 is 47.5 Å². The molecule has 2 aliphatic heterocycles. The summed E-state index contributed by atoms with van der Waals surface area (Å²) in [7, 11) is 5.63. The molecule has 2 aromatic rings. The number of likely N-dealkylation sites (N-methyl/N-ethyl adjacent to an activating group) is 4. The molecule has 416 valence electrons. The first kappa shape index (κ1) is 61.7. The maximum Gasteiger partial charge on any atom is 0.329 e. The molecule has 2 aromatic carbocycles. The summed E-state index contributed by atoms with van der Waals surface area (Å²) in [6.45, 7) is 20.5. The normalized spacial score (nSPS) is 25.5. The molecule has 4 amide bonds. The van der Waals surface area contributed by atoms with Gasteiger partial charge >= 0.3 is 23.9 Å². The zero-order valence-corrected chi connectivity index (χ0v) is 47.2. The lowest BCUT2D eigenvalue weighted by atomic mass is 9.99. The Morgan fingerprint density at radius 2 is 0.720 bits per heavy atom. The van der Waals surface area contributed by atoms with E-state index in [9.17, 15) is 38.4 Å². The van der Waals surface area contributed by atoms with E-state index in [0.717, 1.165) is 47.8 Å². The van der Waals surface area contributed by atoms with E-state index in [4.69, 9.17) is 18.9 Å². The van der Waals surface area contributed by atoms with Crippen molar-refractivity contribution in [3.8, 4) is 0 Å². The number of amides is 4. The van der Waals surface area contributed by atoms with Gasteiger partial charge in [-0.2, -0.15) is 0 Å². The average molecular weight is 1050 g/mol. The topological polar surface area (TPSA) is 190 Å². The molecule has 0 saturated carbocycles. The fourth-order valence-electron chi connectivity index (χ4n) is 9.68. The number of likely N-dealkylation sites (tertiary alicyclic amines) is 1. The van der Waals surface area contributed by atoms with E-state index in [0.29, 0.717) is 11.1 Å². The Hall–Kier alpha value is -5.84. The molecule has 0 spiro atoms. The Morgan fingerprint density at radius 3 is 1.07 bits per heavy atom. The van der Waals surface area contributed by atoms with Crippen LogP contribution >= 0.6 is 0 Å². The quantitative estimate of drug-likeness (QED) is 0.145. The van der Waals surface area contributed by atoms with Gasteiger partial charge in [0, 0.05) is 47.6 Å². The van der Waals surface area contributed by atoms with Crippen molar-refractivity contribution in [2.45, 2.75) is 182 Å². The number of esters is 4. The standard InChI is InChI=1S/C58H87N5O12/c1-36(2)29-45-55(68)72-41(10)52(65)60(12)48(32-39(7)8)58(71)75-50(34-43-23-25-44(26-24-43)35-63-27-19-16-20-28-63)54(67)62(14)46(30-37(3)4)56(69)73-40(9)51(64)59(11)47(31-38(5)6)57(70)74-49(53(66)61(45)13)33-42-21-17-15-18-22-42/h15,17-18,21-26,36-41,45-50H,16,19-20,27-35H2,1-14H3/t40-,41-,45+,46+,47+,48+,49-,50+/m1/s1. The lowest BCUT2D eigenvalue weighted by Crippen LogP contribution is -2.55. The molecule has 17 heteroatoms. The molecule has 0 aliphatic carbocycles. The summed E-state index contributed by atoms with van der Waals surface area (Å²) < 4.78 is 24.1. The van der Waals surface area contributed by atoms with Crippen LogP contribution in [0.15, 0.2) is 54.6 Å². The summed E-state index contributed by atoms with van der Waals surface area (Å²) in [5.74, 6) is -7.10. The van der Waals surface area contributed by atoms with Crippen LogP contribution in [0.1, 0.15) is 131 Å². The van der Waals surface area contributed by atoms with E-state index >= 15 is 0 Å². The maximum atomic E-state index is 15.0. The van der Waals surface area contributed by atoms with Gasteiger partial charge in [-0.25, -0.2) is 19.2 Å². The number of piperidine rings is 1. The molecule has 4 rings (SSSR count). The number of benzene rings is 2. The molecule has 75 heavy (non-hydrogen) atoms. The number of carbonyl (C=O) groups excluding carboxylic acids is 8. The van der Waals surface area contributed by atoms with Gasteiger partial charge in [-0.15, -0.1) is 0 Å². The fraction of sp³-hybridized carbons (Fsp3) is 0.655. The van der Waals surface area contributed by atoms with Crippen molar-refractivity contribution in [1.29, 1.82) is 0 Å². The number of hydrogen-bond acceptors (Lipinski definition) is 13. The van der Waals surface area contributed by atoms with Gasteiger partial charge in [0.05, 0.1) is 0 Å². The largest absolute Gasteiger partial charge is 0.451 e. The number of rotatable bonds is 14. The van der Waals surface area contributed by atoms with Crippen molar-refractivity contribution in [3.63, 3.8) is 0 Å². The number of cyclic esters (lactones) is 4. The van der Waals surface area contributed by atoms with Crippen molar-refractivity contribution in [2.75, 3.05) is 41.3 Å². The van der Waals surface area contributed by atoms with Gasteiger partial charge in [0.1, 0.15) is 24.2 Å². The third-order valence-electron chi connectivity index (χ3n) is 14.0. The summed E-state index contributed by atoms with van der Waals surface area (Å²) >= 11 is 0. The van der Waals surface area contributed by atoms with Crippen LogP contribution in [0.2, 0.25) is 0 Å². The van der Waals surface area contributed by atoms with Crippen molar-refractivity contribution < 1.29 is 57.3 Å². The zero-order valence-electron chi connectivity index (χ0n) is 47.2. The molecule has 2 fully saturated rings. The van der Waals surface area contributed by atoms with Gasteiger partial charge in [0.25, 0.3) is 23.6 Å². The highest BCUT2D eigenvalue weighted by Gasteiger charge is 2.43. The first-order valence-corrected chi connectivity index (χ1v) is 27.0. The van der Waals surface area contributed by atoms with Crippen LogP contribution in [0.3, 0.4) is 0 Å². The molecule has 0 aromatic heterocycles. The lowest BCUT2D eigenvalue weighted by Gasteiger charge is -2.35. The van der Waals surface area contributed by atoms with E-state index in [1.807, 2.05) is 79.7 Å². The molecular formula is C58H87N5O12. The second kappa shape index (κ2) is 28.9. The predicted octanol–water partition coefficient (Wildman–Crippen LogP) is 6.65. The van der Waals surface area contributed by atoms with E-state index in [-0.39, 0.29) is 62.2 Å². The minimum Gasteiger partial charge on any atom is -0.451 e. The molecule has 17 nitrogen and oxygen atoms in total. The molecule has 2 aliphatic rings. The van der Waals surface area contributed by atoms with Gasteiger partial charge in [-0.3, -0.25) is 24.1 Å². The number of carbonyl (C=O) groups is 8. The Bertz CT molecular complexity index is 2210. The molecule has 2 saturated heterocycles. The third-order valence-corrected chi connectivity index (χ3v) is 14.0. The number of nitrogens with zero attached hydrogens (tertiary/aromatic N) is 5. The first-order chi connectivity index (χ1) is 35.3. The second-order valence-corrected chi connectivity index (χ2v) is 22.4. The van der Waals surface area contributed by atoms with E-state index in [1.165, 1.54) is 58.3 Å². The van der Waals surface area contributed by atoms with Gasteiger partial charge in [0.2, 0.25) is 0 Å². The number of hydrogen-bond donors (Lipinski definition) is 0. The summed E-state index contributed by atoms with van der Waals surface area (Å²) in [5.41, 5.74) is 2.42. The molecule has 2 heterocycles. The molecule has 8 atom stereocenters. The van der Waals surface area contributed by atoms with E-state index in [2.05, 4.69) is 4.90 Å². The van der Waals surface area contributed by atoms with Crippen LogP contribution < -0.4 is 0 Å². The minimum absolute atomic E-state index is 0.0782. The van der Waals surface area contributed by atoms with Crippen molar-refractivity contribution in [2.24, 2.45) is 23.7 Å². The van der Waals surface area contributed by atoms with Crippen molar-refractivity contribution in [1.82, 2.24) is 24.5 Å². The van der Waals surface area contributed by atoms with Gasteiger partial charge in [-0.1, -0.05) is 116 Å². The van der Waals surface area contributed by atoms with Crippen LogP contribution in [0.4, 0.5) is 0 Å². The Labute approximate surface area is 446 Å². The van der Waals surface area contributed by atoms with Crippen LogP contribution in [-0.4, -0.2) is 162 Å². The van der Waals surface area contributed by atoms with Crippen LogP contribution in [0.5, 0.6) is 0 Å². The highest BCUT2D eigenvalue weighted by Crippen LogP contribution is 2.25. The molecular weight excluding hydrogens is 959 g/mol. The molecule has 0 N–H and O–H groups in total. The van der Waals surface area contributed by atoms with Gasteiger partial charge < -0.3 is 38.5 Å². The minimum atomic E-state index is -1.49. The maximum absolute atomic E-state index is 15.0. The molecule has 0 bridgehead atoms. The SMILES string of the molecule is CC(C)C[C@H]1C(=O)O[C@H](C)C(=O)N(C)[C@@H](CC(C)C)C(=O)O[C@H](Cc2ccccc2)C(=O)N(C)[C@@H](CC(C)C)C(=O)O[C@H](C)C(=O)N(C)[C@@H](CC(C)C)C(=O)O[C@@H](Cc2ccc(CN3CCCCC3)cc2)C(=O)N1C. The highest BCUT2D eigenvalue weighted by molar-refractivity contribution is 5.94. The monoisotopic (exact) mass is 1050 g/mol. The van der Waals surface area contributed by atoms with Crippen LogP contribution in [0.25, 0.3) is 0 Å². The summed E-state index contributed by atoms with van der Waals surface area (Å²) in [5, 5.41) is 0. The van der Waals surface area contributed by atoms with Crippen LogP contribution in [0, 0.1) is 23.7 Å². The van der Waals surface area contributed by atoms with Crippen LogP contribution in [-0.2, 0) is 76.7 Å². The molecule has 0 unspecified atom stereocenters. The van der Waals surface area contributed by atoms with Crippen molar-refractivity contribution in [3.05, 3.63) is 71.3 Å². The van der Waals surface area contributed by atoms with Gasteiger partial charge in [0.15, 0.2) is 24.4 Å². The lowest BCUT2D eigenvalue weighted by molar-refractivity contribution is -0.176. The summed E-state index contributed by atoms with van der Waals surface area (Å²) in [6.07, 6.45) is -2.08. The highest BCUT2D eigenvalue weighted by atomic mass is 16.6. The summed E-state index contributed by atoms with van der Waals surface area (Å²) in [6, 6.07) is 11.6. The zero-order chi connectivity index (χ0) is 55.8. The van der Waals surface area contributed by atoms with E-state index in [1.54, 1.807) is 30.3 Å². The second-order valence-electron chi connectivity index (χ2n) is 22.4. The predicted molar refractivity (Wildman–Crippen MR) is 284 cm³/mol. The smallest absolute Gasteiger partial charge is 0.329 e. The Morgan fingerprint density at radius 1 is 0.413 bits per heavy atom. The average Bonchev–Trinajstić information content (AvgIpc) is 3.36. The van der Waals surface area contributed by atoms with E-state index < -0.39 is 96.1 Å².